The first-order valence-electron chi connectivity index (χ1n) is 11.2. The number of carbonyl (C=O) groups excluding carboxylic acids is 1. The molecule has 4 aromatic rings. The van der Waals surface area contributed by atoms with E-state index >= 15 is 0 Å². The Morgan fingerprint density at radius 2 is 1.91 bits per heavy atom. The fourth-order valence-electron chi connectivity index (χ4n) is 3.89. The van der Waals surface area contributed by atoms with Crippen LogP contribution in [0.25, 0.3) is 10.9 Å². The van der Waals surface area contributed by atoms with E-state index in [1.807, 2.05) is 50.2 Å². The molecule has 3 aromatic carbocycles. The van der Waals surface area contributed by atoms with Crippen molar-refractivity contribution >= 4 is 23.0 Å². The van der Waals surface area contributed by atoms with Crippen LogP contribution in [0.4, 0.5) is 0 Å². The normalized spacial score (nSPS) is 11.0. The number of aromatic nitrogens is 1. The van der Waals surface area contributed by atoms with Crippen LogP contribution in [0, 0.1) is 18.3 Å². The summed E-state index contributed by atoms with van der Waals surface area (Å²) < 4.78 is 7.76. The fourth-order valence-corrected chi connectivity index (χ4v) is 3.89. The average molecular weight is 451 g/mol. The van der Waals surface area contributed by atoms with Crippen molar-refractivity contribution in [1.82, 2.24) is 9.99 Å². The standard InChI is InChI=1S/C28H26N4O2/c1-3-15-34-24-13-11-23(12-14-24)28(33)31-30-18-26-20(2)32(27-10-5-4-9-25(26)27)19-22-8-6-7-21(16-22)17-29/h4-14,16,18H,3,15,19H2,1-2H3,(H,31,33)/b30-18+. The van der Waals surface area contributed by atoms with Gasteiger partial charge >= 0.3 is 0 Å². The van der Waals surface area contributed by atoms with Gasteiger partial charge in [-0.1, -0.05) is 37.3 Å². The summed E-state index contributed by atoms with van der Waals surface area (Å²) in [6.45, 7) is 5.36. The lowest BCUT2D eigenvalue weighted by atomic mass is 10.1. The zero-order valence-electron chi connectivity index (χ0n) is 19.3. The van der Waals surface area contributed by atoms with Gasteiger partial charge in [-0.15, -0.1) is 0 Å². The number of carbonyl (C=O) groups is 1. The minimum atomic E-state index is -0.284. The summed E-state index contributed by atoms with van der Waals surface area (Å²) in [5, 5.41) is 14.5. The van der Waals surface area contributed by atoms with Crippen LogP contribution >= 0.6 is 0 Å². The maximum absolute atomic E-state index is 12.5. The second-order valence-corrected chi connectivity index (χ2v) is 7.99. The molecule has 0 aliphatic rings. The lowest BCUT2D eigenvalue weighted by Crippen LogP contribution is -2.17. The van der Waals surface area contributed by atoms with E-state index < -0.39 is 0 Å². The van der Waals surface area contributed by atoms with E-state index in [2.05, 4.69) is 27.2 Å². The fraction of sp³-hybridized carbons (Fsp3) is 0.179. The molecule has 0 unspecified atom stereocenters. The largest absolute Gasteiger partial charge is 0.494 e. The van der Waals surface area contributed by atoms with Gasteiger partial charge in [0.15, 0.2) is 0 Å². The number of ether oxygens (including phenoxy) is 1. The van der Waals surface area contributed by atoms with Crippen molar-refractivity contribution in [3.05, 3.63) is 101 Å². The molecule has 6 heteroatoms. The van der Waals surface area contributed by atoms with Crippen LogP contribution in [-0.4, -0.2) is 23.3 Å². The Morgan fingerprint density at radius 3 is 2.68 bits per heavy atom. The summed E-state index contributed by atoms with van der Waals surface area (Å²) in [6.07, 6.45) is 2.62. The van der Waals surface area contributed by atoms with Gasteiger partial charge < -0.3 is 9.30 Å². The van der Waals surface area contributed by atoms with E-state index in [0.717, 1.165) is 39.9 Å². The molecule has 1 amide bonds. The summed E-state index contributed by atoms with van der Waals surface area (Å²) in [4.78, 5) is 12.5. The average Bonchev–Trinajstić information content (AvgIpc) is 3.14. The van der Waals surface area contributed by atoms with Gasteiger partial charge in [-0.05, 0) is 61.4 Å². The Hall–Kier alpha value is -4.37. The number of hydrogen-bond donors (Lipinski definition) is 1. The Balaban J connectivity index is 1.54. The Bertz CT molecular complexity index is 1380. The first-order chi connectivity index (χ1) is 16.6. The Labute approximate surface area is 199 Å². The predicted molar refractivity (Wildman–Crippen MR) is 134 cm³/mol. The van der Waals surface area contributed by atoms with Gasteiger partial charge in [-0.3, -0.25) is 4.79 Å². The number of hydrogen-bond acceptors (Lipinski definition) is 4. The van der Waals surface area contributed by atoms with Crippen molar-refractivity contribution in [2.24, 2.45) is 5.10 Å². The van der Waals surface area contributed by atoms with Gasteiger partial charge in [-0.25, -0.2) is 5.43 Å². The Morgan fingerprint density at radius 1 is 1.12 bits per heavy atom. The van der Waals surface area contributed by atoms with Crippen molar-refractivity contribution in [1.29, 1.82) is 5.26 Å². The maximum Gasteiger partial charge on any atom is 0.271 e. The van der Waals surface area contributed by atoms with Gasteiger partial charge in [0, 0.05) is 34.3 Å². The van der Waals surface area contributed by atoms with Crippen LogP contribution in [-0.2, 0) is 6.54 Å². The van der Waals surface area contributed by atoms with Gasteiger partial charge in [0.25, 0.3) is 5.91 Å². The van der Waals surface area contributed by atoms with Crippen molar-refractivity contribution in [3.8, 4) is 11.8 Å². The number of rotatable bonds is 8. The highest BCUT2D eigenvalue weighted by atomic mass is 16.5. The molecule has 0 fully saturated rings. The molecule has 1 aromatic heterocycles. The minimum absolute atomic E-state index is 0.284. The first kappa shape index (κ1) is 22.8. The number of nitriles is 1. The van der Waals surface area contributed by atoms with Crippen LogP contribution in [0.15, 0.2) is 77.9 Å². The molecular formula is C28H26N4O2. The highest BCUT2D eigenvalue weighted by Crippen LogP contribution is 2.26. The van der Waals surface area contributed by atoms with E-state index in [1.54, 1.807) is 36.5 Å². The van der Waals surface area contributed by atoms with E-state index in [4.69, 9.17) is 4.74 Å². The molecule has 0 aliphatic heterocycles. The number of nitrogens with zero attached hydrogens (tertiary/aromatic N) is 3. The maximum atomic E-state index is 12.5. The van der Waals surface area contributed by atoms with Gasteiger partial charge in [0.05, 0.1) is 24.5 Å². The van der Waals surface area contributed by atoms with E-state index in [1.165, 1.54) is 0 Å². The monoisotopic (exact) mass is 450 g/mol. The number of benzene rings is 3. The number of fused-ring (bicyclic) bond motifs is 1. The molecule has 1 heterocycles. The number of nitrogens with one attached hydrogen (secondary N) is 1. The highest BCUT2D eigenvalue weighted by molar-refractivity contribution is 6.02. The highest BCUT2D eigenvalue weighted by Gasteiger charge is 2.13. The second-order valence-electron chi connectivity index (χ2n) is 7.99. The quantitative estimate of drug-likeness (QED) is 0.287. The summed E-state index contributed by atoms with van der Waals surface area (Å²) in [7, 11) is 0. The first-order valence-corrected chi connectivity index (χ1v) is 11.2. The van der Waals surface area contributed by atoms with Crippen LogP contribution in [0.3, 0.4) is 0 Å². The molecule has 0 atom stereocenters. The van der Waals surface area contributed by atoms with Crippen LogP contribution in [0.2, 0.25) is 0 Å². The predicted octanol–water partition coefficient (Wildman–Crippen LogP) is 5.42. The lowest BCUT2D eigenvalue weighted by molar-refractivity contribution is 0.0955. The third-order valence-corrected chi connectivity index (χ3v) is 5.63. The van der Waals surface area contributed by atoms with Crippen molar-refractivity contribution in [3.63, 3.8) is 0 Å². The zero-order valence-corrected chi connectivity index (χ0v) is 19.3. The third-order valence-electron chi connectivity index (χ3n) is 5.63. The van der Waals surface area contributed by atoms with E-state index in [9.17, 15) is 10.1 Å². The second kappa shape index (κ2) is 10.5. The summed E-state index contributed by atoms with van der Waals surface area (Å²) in [5.41, 5.74) is 7.85. The number of hydrazone groups is 1. The van der Waals surface area contributed by atoms with Gasteiger partial charge in [0.2, 0.25) is 0 Å². The number of para-hydroxylation sites is 1. The zero-order chi connectivity index (χ0) is 23.9. The molecular weight excluding hydrogens is 424 g/mol. The molecule has 1 N–H and O–H groups in total. The van der Waals surface area contributed by atoms with Crippen molar-refractivity contribution in [2.45, 2.75) is 26.8 Å². The minimum Gasteiger partial charge on any atom is -0.494 e. The molecule has 0 aliphatic carbocycles. The summed E-state index contributed by atoms with van der Waals surface area (Å²) in [6, 6.07) is 24.9. The molecule has 0 saturated heterocycles. The van der Waals surface area contributed by atoms with Gasteiger partial charge in [-0.2, -0.15) is 10.4 Å². The topological polar surface area (TPSA) is 79.4 Å². The lowest BCUT2D eigenvalue weighted by Gasteiger charge is -2.09. The van der Waals surface area contributed by atoms with Crippen LogP contribution in [0.5, 0.6) is 5.75 Å². The van der Waals surface area contributed by atoms with Gasteiger partial charge in [0.1, 0.15) is 5.75 Å². The molecule has 6 nitrogen and oxygen atoms in total. The van der Waals surface area contributed by atoms with Crippen LogP contribution < -0.4 is 10.2 Å². The van der Waals surface area contributed by atoms with E-state index in [0.29, 0.717) is 24.3 Å². The third kappa shape index (κ3) is 5.00. The molecule has 34 heavy (non-hydrogen) atoms. The molecule has 0 bridgehead atoms. The Kier molecular flexibility index (Phi) is 7.04. The summed E-state index contributed by atoms with van der Waals surface area (Å²) >= 11 is 0. The number of amides is 1. The molecule has 0 saturated carbocycles. The molecule has 0 radical (unpaired) electrons. The van der Waals surface area contributed by atoms with Crippen LogP contribution in [0.1, 0.15) is 46.1 Å². The van der Waals surface area contributed by atoms with Crippen molar-refractivity contribution < 1.29 is 9.53 Å². The molecule has 4 rings (SSSR count). The smallest absolute Gasteiger partial charge is 0.271 e. The van der Waals surface area contributed by atoms with Crippen molar-refractivity contribution in [2.75, 3.05) is 6.61 Å². The summed E-state index contributed by atoms with van der Waals surface area (Å²) in [5.74, 6) is 0.457. The molecule has 0 spiro atoms. The van der Waals surface area contributed by atoms with E-state index in [-0.39, 0.29) is 5.91 Å². The SMILES string of the molecule is CCCOc1ccc(C(=O)N/N=C/c2c(C)n(Cc3cccc(C#N)c3)c3ccccc23)cc1. The molecule has 170 valence electrons.